The van der Waals surface area contributed by atoms with E-state index in [0.717, 1.165) is 12.8 Å². The van der Waals surface area contributed by atoms with Gasteiger partial charge in [0.15, 0.2) is 0 Å². The molecule has 16 heavy (non-hydrogen) atoms. The van der Waals surface area contributed by atoms with E-state index in [9.17, 15) is 9.59 Å². The van der Waals surface area contributed by atoms with Crippen molar-refractivity contribution in [2.75, 3.05) is 19.6 Å². The molecule has 2 unspecified atom stereocenters. The van der Waals surface area contributed by atoms with E-state index in [2.05, 4.69) is 15.9 Å². The van der Waals surface area contributed by atoms with Gasteiger partial charge in [-0.15, -0.1) is 0 Å². The fourth-order valence-corrected chi connectivity index (χ4v) is 2.73. The number of carbonyl (C=O) groups excluding carboxylic acids is 2. The van der Waals surface area contributed by atoms with E-state index < -0.39 is 0 Å². The van der Waals surface area contributed by atoms with Gasteiger partial charge < -0.3 is 9.80 Å². The van der Waals surface area contributed by atoms with Crippen LogP contribution >= 0.6 is 15.9 Å². The Labute approximate surface area is 104 Å². The van der Waals surface area contributed by atoms with Crippen molar-refractivity contribution in [2.45, 2.75) is 37.1 Å². The van der Waals surface area contributed by atoms with Gasteiger partial charge in [-0.25, -0.2) is 0 Å². The summed E-state index contributed by atoms with van der Waals surface area (Å²) in [5.41, 5.74) is 0. The Morgan fingerprint density at radius 3 is 3.00 bits per heavy atom. The molecule has 0 aromatic carbocycles. The smallest absolute Gasteiger partial charge is 0.236 e. The van der Waals surface area contributed by atoms with Gasteiger partial charge in [0.2, 0.25) is 11.8 Å². The highest BCUT2D eigenvalue weighted by atomic mass is 79.9. The lowest BCUT2D eigenvalue weighted by Gasteiger charge is -2.38. The predicted molar refractivity (Wildman–Crippen MR) is 64.3 cm³/mol. The van der Waals surface area contributed by atoms with Gasteiger partial charge in [-0.2, -0.15) is 0 Å². The molecule has 2 aliphatic heterocycles. The maximum absolute atomic E-state index is 12.0. The first-order valence-electron chi connectivity index (χ1n) is 5.85. The number of halogens is 1. The molecule has 0 aliphatic carbocycles. The minimum atomic E-state index is -0.0730. The van der Waals surface area contributed by atoms with Crippen molar-refractivity contribution >= 4 is 27.7 Å². The van der Waals surface area contributed by atoms with Crippen LogP contribution in [0.2, 0.25) is 0 Å². The summed E-state index contributed by atoms with van der Waals surface area (Å²) in [5.74, 6) is 0.421. The third kappa shape index (κ3) is 2.10. The van der Waals surface area contributed by atoms with Gasteiger partial charge in [0.25, 0.3) is 0 Å². The number of carbonyl (C=O) groups is 2. The third-order valence-electron chi connectivity index (χ3n) is 3.43. The van der Waals surface area contributed by atoms with Gasteiger partial charge >= 0.3 is 0 Å². The average Bonchev–Trinajstić information content (AvgIpc) is 2.68. The van der Waals surface area contributed by atoms with Crippen LogP contribution in [0.15, 0.2) is 0 Å². The van der Waals surface area contributed by atoms with E-state index in [-0.39, 0.29) is 22.7 Å². The fourth-order valence-electron chi connectivity index (χ4n) is 2.44. The second-order valence-corrected chi connectivity index (χ2v) is 5.54. The molecule has 0 radical (unpaired) electrons. The van der Waals surface area contributed by atoms with Gasteiger partial charge in [0.1, 0.15) is 0 Å². The lowest BCUT2D eigenvalue weighted by Crippen LogP contribution is -2.54. The second-order valence-electron chi connectivity index (χ2n) is 4.44. The van der Waals surface area contributed by atoms with Crippen LogP contribution in [-0.4, -0.2) is 52.1 Å². The molecule has 0 N–H and O–H groups in total. The van der Waals surface area contributed by atoms with Crippen LogP contribution < -0.4 is 0 Å². The number of rotatable bonds is 2. The predicted octanol–water partition coefficient (Wildman–Crippen LogP) is 0.993. The Morgan fingerprint density at radius 2 is 2.31 bits per heavy atom. The monoisotopic (exact) mass is 288 g/mol. The van der Waals surface area contributed by atoms with Crippen LogP contribution in [0.5, 0.6) is 0 Å². The summed E-state index contributed by atoms with van der Waals surface area (Å²) in [4.78, 5) is 27.2. The highest BCUT2D eigenvalue weighted by Gasteiger charge is 2.37. The van der Waals surface area contributed by atoms with Gasteiger partial charge in [-0.05, 0) is 12.8 Å². The average molecular weight is 289 g/mol. The zero-order valence-electron chi connectivity index (χ0n) is 9.49. The Kier molecular flexibility index (Phi) is 3.52. The number of amides is 2. The molecular weight excluding hydrogens is 272 g/mol. The molecule has 0 bridgehead atoms. The van der Waals surface area contributed by atoms with E-state index in [1.165, 1.54) is 0 Å². The standard InChI is InChI=1S/C11H17BrN2O2/c1-2-9(12)11(16)13-5-6-14-8(7-13)3-4-10(14)15/h8-9H,2-7H2,1H3. The van der Waals surface area contributed by atoms with Crippen molar-refractivity contribution in [1.29, 1.82) is 0 Å². The van der Waals surface area contributed by atoms with Gasteiger partial charge in [-0.1, -0.05) is 22.9 Å². The van der Waals surface area contributed by atoms with E-state index in [4.69, 9.17) is 0 Å². The molecule has 5 heteroatoms. The Bertz CT molecular complexity index is 308. The third-order valence-corrected chi connectivity index (χ3v) is 4.47. The summed E-state index contributed by atoms with van der Waals surface area (Å²) in [7, 11) is 0. The molecule has 2 heterocycles. The molecule has 2 saturated heterocycles. The second kappa shape index (κ2) is 4.73. The zero-order valence-corrected chi connectivity index (χ0v) is 11.1. The number of nitrogens with zero attached hydrogens (tertiary/aromatic N) is 2. The molecule has 2 atom stereocenters. The van der Waals surface area contributed by atoms with Crippen molar-refractivity contribution in [3.63, 3.8) is 0 Å². The van der Waals surface area contributed by atoms with E-state index in [1.807, 2.05) is 16.7 Å². The molecule has 2 fully saturated rings. The molecule has 0 aromatic heterocycles. The molecule has 0 aromatic rings. The molecular formula is C11H17BrN2O2. The fraction of sp³-hybridized carbons (Fsp3) is 0.818. The first-order valence-corrected chi connectivity index (χ1v) is 6.77. The maximum Gasteiger partial charge on any atom is 0.236 e. The Hall–Kier alpha value is -0.580. The van der Waals surface area contributed by atoms with Crippen LogP contribution in [0, 0.1) is 0 Å². The summed E-state index contributed by atoms with van der Waals surface area (Å²) in [5, 5.41) is 0. The molecule has 2 amide bonds. The van der Waals surface area contributed by atoms with Crippen LogP contribution in [-0.2, 0) is 9.59 Å². The normalized spacial score (nSPS) is 26.9. The van der Waals surface area contributed by atoms with Crippen molar-refractivity contribution in [2.24, 2.45) is 0 Å². The van der Waals surface area contributed by atoms with Crippen LogP contribution in [0.25, 0.3) is 0 Å². The summed E-state index contributed by atoms with van der Waals surface area (Å²) in [6.07, 6.45) is 2.36. The first-order chi connectivity index (χ1) is 7.63. The minimum Gasteiger partial charge on any atom is -0.338 e. The molecule has 0 spiro atoms. The number of piperazine rings is 1. The topological polar surface area (TPSA) is 40.6 Å². The summed E-state index contributed by atoms with van der Waals surface area (Å²) < 4.78 is 0. The lowest BCUT2D eigenvalue weighted by molar-refractivity contribution is -0.138. The van der Waals surface area contributed by atoms with E-state index in [0.29, 0.717) is 26.1 Å². The highest BCUT2D eigenvalue weighted by Crippen LogP contribution is 2.24. The zero-order chi connectivity index (χ0) is 11.7. The van der Waals surface area contributed by atoms with Crippen molar-refractivity contribution in [3.8, 4) is 0 Å². The van der Waals surface area contributed by atoms with Crippen molar-refractivity contribution in [1.82, 2.24) is 9.80 Å². The number of hydrogen-bond acceptors (Lipinski definition) is 2. The van der Waals surface area contributed by atoms with Crippen LogP contribution in [0.3, 0.4) is 0 Å². The Balaban J connectivity index is 1.96. The SMILES string of the molecule is CCC(Br)C(=O)N1CCN2C(=O)CCC2C1. The van der Waals surface area contributed by atoms with E-state index >= 15 is 0 Å². The summed E-state index contributed by atoms with van der Waals surface area (Å²) in [6.45, 7) is 4.10. The van der Waals surface area contributed by atoms with Crippen molar-refractivity contribution in [3.05, 3.63) is 0 Å². The number of fused-ring (bicyclic) bond motifs is 1. The molecule has 4 nitrogen and oxygen atoms in total. The minimum absolute atomic E-state index is 0.0730. The summed E-state index contributed by atoms with van der Waals surface area (Å²) in [6, 6.07) is 0.266. The number of alkyl halides is 1. The highest BCUT2D eigenvalue weighted by molar-refractivity contribution is 9.10. The molecule has 0 saturated carbocycles. The first kappa shape index (κ1) is 11.9. The molecule has 90 valence electrons. The quantitative estimate of drug-likeness (QED) is 0.711. The van der Waals surface area contributed by atoms with Gasteiger partial charge in [0.05, 0.1) is 4.83 Å². The molecule has 2 rings (SSSR count). The van der Waals surface area contributed by atoms with Crippen LogP contribution in [0.1, 0.15) is 26.2 Å². The van der Waals surface area contributed by atoms with Crippen molar-refractivity contribution < 1.29 is 9.59 Å². The maximum atomic E-state index is 12.0. The molecule has 2 aliphatic rings. The van der Waals surface area contributed by atoms with Gasteiger partial charge in [0, 0.05) is 32.1 Å². The van der Waals surface area contributed by atoms with Gasteiger partial charge in [-0.3, -0.25) is 9.59 Å². The van der Waals surface area contributed by atoms with E-state index in [1.54, 1.807) is 0 Å². The van der Waals surface area contributed by atoms with Crippen LogP contribution in [0.4, 0.5) is 0 Å². The largest absolute Gasteiger partial charge is 0.338 e. The lowest BCUT2D eigenvalue weighted by atomic mass is 10.1. The summed E-state index contributed by atoms with van der Waals surface area (Å²) >= 11 is 3.39. The Morgan fingerprint density at radius 1 is 1.56 bits per heavy atom. The number of hydrogen-bond donors (Lipinski definition) is 0.